The highest BCUT2D eigenvalue weighted by Gasteiger charge is 2.20. The molecule has 0 bridgehead atoms. The maximum Gasteiger partial charge on any atom is 0.339 e. The van der Waals surface area contributed by atoms with Crippen molar-refractivity contribution in [1.82, 2.24) is 9.55 Å². The largest absolute Gasteiger partial charge is 0.507 e. The average molecular weight is 311 g/mol. The Morgan fingerprint density at radius 1 is 1.38 bits per heavy atom. The summed E-state index contributed by atoms with van der Waals surface area (Å²) in [5.41, 5.74) is -0.374. The molecule has 1 aromatic carbocycles. The zero-order valence-corrected chi connectivity index (χ0v) is 12.0. The number of carboxylic acid groups (broad SMARTS) is 1. The lowest BCUT2D eigenvalue weighted by Gasteiger charge is -2.07. The van der Waals surface area contributed by atoms with E-state index in [0.717, 1.165) is 12.1 Å². The first-order valence-corrected chi connectivity index (χ1v) is 7.28. The SMILES string of the molecule is Cc1nc(S(=O)(=O)Nc2ccc(O)c(C(=O)O)c2)cn1C. The Morgan fingerprint density at radius 2 is 2.05 bits per heavy atom. The topological polar surface area (TPSA) is 122 Å². The molecule has 0 saturated heterocycles. The van der Waals surface area contributed by atoms with E-state index in [2.05, 4.69) is 9.71 Å². The Hall–Kier alpha value is -2.55. The Bertz CT molecular complexity index is 791. The van der Waals surface area contributed by atoms with Crippen LogP contribution in [0.3, 0.4) is 0 Å². The van der Waals surface area contributed by atoms with Crippen molar-refractivity contribution in [3.05, 3.63) is 35.8 Å². The molecule has 9 heteroatoms. The number of benzene rings is 1. The minimum absolute atomic E-state index is 0.0218. The van der Waals surface area contributed by atoms with E-state index in [0.29, 0.717) is 5.82 Å². The third kappa shape index (κ3) is 2.97. The molecule has 0 atom stereocenters. The molecule has 0 saturated carbocycles. The second kappa shape index (κ2) is 5.09. The Kier molecular flexibility index (Phi) is 3.60. The second-order valence-electron chi connectivity index (χ2n) is 4.38. The number of carbonyl (C=O) groups is 1. The number of imidazole rings is 1. The van der Waals surface area contributed by atoms with Crippen molar-refractivity contribution in [2.75, 3.05) is 4.72 Å². The maximum atomic E-state index is 12.1. The zero-order valence-electron chi connectivity index (χ0n) is 11.2. The smallest absolute Gasteiger partial charge is 0.339 e. The lowest BCUT2D eigenvalue weighted by molar-refractivity contribution is 0.0694. The van der Waals surface area contributed by atoms with Crippen molar-refractivity contribution in [3.8, 4) is 5.75 Å². The first kappa shape index (κ1) is 14.9. The molecule has 1 aromatic heterocycles. The summed E-state index contributed by atoms with van der Waals surface area (Å²) in [4.78, 5) is 14.8. The highest BCUT2D eigenvalue weighted by atomic mass is 32.2. The number of rotatable bonds is 4. The lowest BCUT2D eigenvalue weighted by Crippen LogP contribution is -2.14. The van der Waals surface area contributed by atoms with Crippen molar-refractivity contribution in [1.29, 1.82) is 0 Å². The number of anilines is 1. The number of aromatic hydroxyl groups is 1. The third-order valence-corrected chi connectivity index (χ3v) is 4.09. The molecule has 2 aromatic rings. The average Bonchev–Trinajstić information content (AvgIpc) is 2.72. The first-order chi connectivity index (χ1) is 9.70. The van der Waals surface area contributed by atoms with Gasteiger partial charge < -0.3 is 14.8 Å². The van der Waals surface area contributed by atoms with Crippen LogP contribution in [-0.2, 0) is 17.1 Å². The standard InChI is InChI=1S/C12H13N3O5S/c1-7-13-11(6-15(7)2)21(19,20)14-8-3-4-10(16)9(5-8)12(17)18/h3-6,14,16H,1-2H3,(H,17,18). The molecule has 0 aliphatic rings. The number of carboxylic acids is 1. The summed E-state index contributed by atoms with van der Waals surface area (Å²) in [6.45, 7) is 1.65. The van der Waals surface area contributed by atoms with Crippen LogP contribution in [0.5, 0.6) is 5.75 Å². The highest BCUT2D eigenvalue weighted by Crippen LogP contribution is 2.23. The van der Waals surface area contributed by atoms with Crippen LogP contribution in [0.25, 0.3) is 0 Å². The number of nitrogens with one attached hydrogen (secondary N) is 1. The lowest BCUT2D eigenvalue weighted by atomic mass is 10.2. The fraction of sp³-hybridized carbons (Fsp3) is 0.167. The van der Waals surface area contributed by atoms with Gasteiger partial charge in [0.1, 0.15) is 17.1 Å². The monoisotopic (exact) mass is 311 g/mol. The van der Waals surface area contributed by atoms with E-state index in [4.69, 9.17) is 5.11 Å². The van der Waals surface area contributed by atoms with Crippen molar-refractivity contribution in [2.45, 2.75) is 11.9 Å². The number of hydrogen-bond acceptors (Lipinski definition) is 5. The number of aromatic carboxylic acids is 1. The summed E-state index contributed by atoms with van der Waals surface area (Å²) in [5, 5.41) is 18.1. The van der Waals surface area contributed by atoms with Crippen molar-refractivity contribution < 1.29 is 23.4 Å². The van der Waals surface area contributed by atoms with Gasteiger partial charge in [0.25, 0.3) is 10.0 Å². The summed E-state index contributed by atoms with van der Waals surface area (Å²) in [6.07, 6.45) is 1.34. The van der Waals surface area contributed by atoms with Crippen LogP contribution in [-0.4, -0.2) is 34.2 Å². The van der Waals surface area contributed by atoms with Crippen LogP contribution in [0, 0.1) is 6.92 Å². The molecule has 2 rings (SSSR count). The minimum Gasteiger partial charge on any atom is -0.507 e. The quantitative estimate of drug-likeness (QED) is 0.722. The number of aryl methyl sites for hydroxylation is 2. The van der Waals surface area contributed by atoms with Crippen LogP contribution in [0.1, 0.15) is 16.2 Å². The first-order valence-electron chi connectivity index (χ1n) is 5.80. The van der Waals surface area contributed by atoms with E-state index in [1.54, 1.807) is 18.5 Å². The molecule has 8 nitrogen and oxygen atoms in total. The molecule has 112 valence electrons. The fourth-order valence-electron chi connectivity index (χ4n) is 1.63. The van der Waals surface area contributed by atoms with Gasteiger partial charge in [-0.2, -0.15) is 8.42 Å². The molecule has 0 aliphatic heterocycles. The van der Waals surface area contributed by atoms with Gasteiger partial charge in [-0.1, -0.05) is 0 Å². The molecule has 0 radical (unpaired) electrons. The number of sulfonamides is 1. The van der Waals surface area contributed by atoms with Crippen LogP contribution >= 0.6 is 0 Å². The van der Waals surface area contributed by atoms with Gasteiger partial charge in [-0.15, -0.1) is 0 Å². The predicted octanol–water partition coefficient (Wildman–Crippen LogP) is 0.933. The number of aromatic nitrogens is 2. The van der Waals surface area contributed by atoms with Gasteiger partial charge >= 0.3 is 5.97 Å². The fourth-order valence-corrected chi connectivity index (χ4v) is 2.73. The van der Waals surface area contributed by atoms with Gasteiger partial charge in [0.15, 0.2) is 5.03 Å². The summed E-state index contributed by atoms with van der Waals surface area (Å²) in [5.74, 6) is -1.28. The van der Waals surface area contributed by atoms with Crippen LogP contribution in [0.2, 0.25) is 0 Å². The van der Waals surface area contributed by atoms with Gasteiger partial charge in [0.2, 0.25) is 0 Å². The molecule has 0 amide bonds. The molecule has 0 aliphatic carbocycles. The molecule has 0 spiro atoms. The Balaban J connectivity index is 2.37. The van der Waals surface area contributed by atoms with Crippen molar-refractivity contribution in [3.63, 3.8) is 0 Å². The summed E-state index contributed by atoms with van der Waals surface area (Å²) < 4.78 is 28.0. The van der Waals surface area contributed by atoms with Crippen LogP contribution < -0.4 is 4.72 Å². The van der Waals surface area contributed by atoms with Gasteiger partial charge in [-0.3, -0.25) is 4.72 Å². The number of hydrogen-bond donors (Lipinski definition) is 3. The summed E-state index contributed by atoms with van der Waals surface area (Å²) in [7, 11) is -2.27. The van der Waals surface area contributed by atoms with Gasteiger partial charge in [0.05, 0.1) is 0 Å². The second-order valence-corrected chi connectivity index (χ2v) is 6.01. The zero-order chi connectivity index (χ0) is 15.8. The summed E-state index contributed by atoms with van der Waals surface area (Å²) in [6, 6.07) is 3.39. The predicted molar refractivity (Wildman–Crippen MR) is 73.8 cm³/mol. The molecular weight excluding hydrogens is 298 g/mol. The van der Waals surface area contributed by atoms with Crippen LogP contribution in [0.15, 0.2) is 29.4 Å². The van der Waals surface area contributed by atoms with E-state index in [9.17, 15) is 18.3 Å². The molecule has 0 fully saturated rings. The molecule has 1 heterocycles. The van der Waals surface area contributed by atoms with E-state index in [1.807, 2.05) is 0 Å². The van der Waals surface area contributed by atoms with E-state index >= 15 is 0 Å². The van der Waals surface area contributed by atoms with E-state index < -0.39 is 27.3 Å². The highest BCUT2D eigenvalue weighted by molar-refractivity contribution is 7.92. The Labute approximate surface area is 120 Å². The van der Waals surface area contributed by atoms with E-state index in [-0.39, 0.29) is 10.7 Å². The van der Waals surface area contributed by atoms with Gasteiger partial charge in [-0.25, -0.2) is 9.78 Å². The summed E-state index contributed by atoms with van der Waals surface area (Å²) >= 11 is 0. The minimum atomic E-state index is -3.93. The molecule has 21 heavy (non-hydrogen) atoms. The third-order valence-electron chi connectivity index (χ3n) is 2.84. The normalized spacial score (nSPS) is 11.3. The number of phenols is 1. The maximum absolute atomic E-state index is 12.1. The number of nitrogens with zero attached hydrogens (tertiary/aromatic N) is 2. The molecular formula is C12H13N3O5S. The van der Waals surface area contributed by atoms with E-state index in [1.165, 1.54) is 12.3 Å². The molecule has 3 N–H and O–H groups in total. The Morgan fingerprint density at radius 3 is 2.57 bits per heavy atom. The van der Waals surface area contributed by atoms with Crippen molar-refractivity contribution >= 4 is 21.7 Å². The van der Waals surface area contributed by atoms with Crippen molar-refractivity contribution in [2.24, 2.45) is 7.05 Å². The van der Waals surface area contributed by atoms with Crippen LogP contribution in [0.4, 0.5) is 5.69 Å². The van der Waals surface area contributed by atoms with Gasteiger partial charge in [-0.05, 0) is 25.1 Å². The van der Waals surface area contributed by atoms with Gasteiger partial charge in [0, 0.05) is 18.9 Å². The molecule has 0 unspecified atom stereocenters.